The highest BCUT2D eigenvalue weighted by Gasteiger charge is 2.31. The minimum absolute atomic E-state index is 0.369. The van der Waals surface area contributed by atoms with Gasteiger partial charge in [0, 0.05) is 17.7 Å². The van der Waals surface area contributed by atoms with E-state index in [1.165, 1.54) is 11.3 Å². The van der Waals surface area contributed by atoms with Crippen LogP contribution in [0, 0.1) is 36.0 Å². The van der Waals surface area contributed by atoms with E-state index in [1.54, 1.807) is 0 Å². The number of rotatable bonds is 3. The molecule has 0 amide bonds. The summed E-state index contributed by atoms with van der Waals surface area (Å²) >= 11 is 1.52. The molecule has 2 heteroatoms. The van der Waals surface area contributed by atoms with Crippen molar-refractivity contribution in [2.75, 3.05) is 0 Å². The lowest BCUT2D eigenvalue weighted by molar-refractivity contribution is 0.596. The van der Waals surface area contributed by atoms with Crippen molar-refractivity contribution in [3.63, 3.8) is 0 Å². The molecule has 0 N–H and O–H groups in total. The molecule has 1 aromatic heterocycles. The highest BCUT2D eigenvalue weighted by Crippen LogP contribution is 2.33. The third kappa shape index (κ3) is 1.80. The number of terminal acetylenes is 2. The van der Waals surface area contributed by atoms with Gasteiger partial charge < -0.3 is 0 Å². The van der Waals surface area contributed by atoms with Gasteiger partial charge in [-0.1, -0.05) is 6.07 Å². The molecule has 0 aromatic carbocycles. The second-order valence-corrected chi connectivity index (χ2v) is 3.88. The smallest absolute Gasteiger partial charge is 0.113 e. The summed E-state index contributed by atoms with van der Waals surface area (Å²) in [5.74, 6) is 5.04. The first-order valence-electron chi connectivity index (χ1n) is 4.11. The molecule has 0 atom stereocenters. The Bertz CT molecular complexity index is 393. The Kier molecular flexibility index (Phi) is 3.35. The quantitative estimate of drug-likeness (QED) is 0.686. The lowest BCUT2D eigenvalue weighted by atomic mass is 9.82. The van der Waals surface area contributed by atoms with E-state index >= 15 is 0 Å². The Balaban J connectivity index is 3.12. The van der Waals surface area contributed by atoms with Crippen molar-refractivity contribution < 1.29 is 0 Å². The minimum Gasteiger partial charge on any atom is -0.197 e. The van der Waals surface area contributed by atoms with E-state index in [0.29, 0.717) is 12.8 Å². The lowest BCUT2D eigenvalue weighted by Gasteiger charge is -2.19. The second-order valence-electron chi connectivity index (χ2n) is 2.93. The summed E-state index contributed by atoms with van der Waals surface area (Å²) < 4.78 is 0. The molecule has 1 nitrogen and oxygen atoms in total. The Morgan fingerprint density at radius 1 is 1.36 bits per heavy atom. The molecule has 0 aliphatic carbocycles. The van der Waals surface area contributed by atoms with E-state index in [-0.39, 0.29) is 0 Å². The van der Waals surface area contributed by atoms with Gasteiger partial charge >= 0.3 is 0 Å². The molecule has 0 spiro atoms. The van der Waals surface area contributed by atoms with E-state index in [9.17, 15) is 5.26 Å². The van der Waals surface area contributed by atoms with Crippen LogP contribution in [0.15, 0.2) is 17.5 Å². The first-order chi connectivity index (χ1) is 6.79. The van der Waals surface area contributed by atoms with E-state index < -0.39 is 5.41 Å². The number of nitriles is 1. The number of hydrogen-bond acceptors (Lipinski definition) is 2. The SMILES string of the molecule is C#CCC(C#N)(CC#C)c1cccs1. The zero-order valence-electron chi connectivity index (χ0n) is 7.66. The summed E-state index contributed by atoms with van der Waals surface area (Å²) in [5.41, 5.74) is -0.683. The maximum absolute atomic E-state index is 9.18. The molecule has 0 aliphatic heterocycles. The molecule has 0 radical (unpaired) electrons. The monoisotopic (exact) mass is 199 g/mol. The van der Waals surface area contributed by atoms with Gasteiger partial charge in [0.2, 0.25) is 0 Å². The van der Waals surface area contributed by atoms with Gasteiger partial charge in [0.15, 0.2) is 0 Å². The molecule has 1 rings (SSSR count). The first kappa shape index (κ1) is 10.4. The van der Waals surface area contributed by atoms with Gasteiger partial charge in [-0.05, 0) is 11.4 Å². The van der Waals surface area contributed by atoms with Crippen molar-refractivity contribution in [1.82, 2.24) is 0 Å². The van der Waals surface area contributed by atoms with Gasteiger partial charge in [-0.25, -0.2) is 0 Å². The zero-order valence-corrected chi connectivity index (χ0v) is 8.47. The average Bonchev–Trinajstić information content (AvgIpc) is 2.70. The van der Waals surface area contributed by atoms with Crippen molar-refractivity contribution in [2.45, 2.75) is 18.3 Å². The fourth-order valence-electron chi connectivity index (χ4n) is 1.27. The third-order valence-electron chi connectivity index (χ3n) is 2.01. The Labute approximate surface area is 88.4 Å². The van der Waals surface area contributed by atoms with E-state index in [2.05, 4.69) is 17.9 Å². The highest BCUT2D eigenvalue weighted by atomic mass is 32.1. The Hall–Kier alpha value is -1.69. The van der Waals surface area contributed by atoms with Crippen molar-refractivity contribution in [3.8, 4) is 30.8 Å². The topological polar surface area (TPSA) is 23.8 Å². The van der Waals surface area contributed by atoms with Gasteiger partial charge in [0.1, 0.15) is 5.41 Å². The summed E-state index contributed by atoms with van der Waals surface area (Å²) in [7, 11) is 0. The Morgan fingerprint density at radius 2 is 2.00 bits per heavy atom. The fraction of sp³-hybridized carbons (Fsp3) is 0.250. The molecule has 1 aromatic rings. The summed E-state index contributed by atoms with van der Waals surface area (Å²) in [6.07, 6.45) is 11.3. The van der Waals surface area contributed by atoms with Crippen molar-refractivity contribution in [1.29, 1.82) is 5.26 Å². The predicted molar refractivity (Wildman–Crippen MR) is 58.5 cm³/mol. The van der Waals surface area contributed by atoms with Crippen LogP contribution in [0.4, 0.5) is 0 Å². The van der Waals surface area contributed by atoms with Crippen LogP contribution in [-0.2, 0) is 5.41 Å². The molecular formula is C12H9NS. The van der Waals surface area contributed by atoms with Gasteiger partial charge in [-0.2, -0.15) is 5.26 Å². The molecule has 1 heterocycles. The van der Waals surface area contributed by atoms with Crippen LogP contribution < -0.4 is 0 Å². The van der Waals surface area contributed by atoms with Crippen LogP contribution in [0.5, 0.6) is 0 Å². The minimum atomic E-state index is -0.683. The van der Waals surface area contributed by atoms with E-state index in [4.69, 9.17) is 12.8 Å². The van der Waals surface area contributed by atoms with Crippen LogP contribution in [-0.4, -0.2) is 0 Å². The van der Waals surface area contributed by atoms with Gasteiger partial charge in [-0.3, -0.25) is 0 Å². The summed E-state index contributed by atoms with van der Waals surface area (Å²) in [5, 5.41) is 11.1. The molecule has 68 valence electrons. The Morgan fingerprint density at radius 3 is 2.36 bits per heavy atom. The fourth-order valence-corrected chi connectivity index (χ4v) is 2.15. The molecule has 0 unspecified atom stereocenters. The van der Waals surface area contributed by atoms with E-state index in [1.807, 2.05) is 17.5 Å². The lowest BCUT2D eigenvalue weighted by Crippen LogP contribution is -2.21. The first-order valence-corrected chi connectivity index (χ1v) is 4.99. The van der Waals surface area contributed by atoms with Crippen molar-refractivity contribution in [3.05, 3.63) is 22.4 Å². The summed E-state index contributed by atoms with van der Waals surface area (Å²) in [4.78, 5) is 0.955. The van der Waals surface area contributed by atoms with Crippen LogP contribution in [0.2, 0.25) is 0 Å². The molecule has 0 aliphatic rings. The van der Waals surface area contributed by atoms with Gasteiger partial charge in [0.05, 0.1) is 6.07 Å². The van der Waals surface area contributed by atoms with Crippen LogP contribution in [0.25, 0.3) is 0 Å². The number of thiophene rings is 1. The van der Waals surface area contributed by atoms with E-state index in [0.717, 1.165) is 4.88 Å². The summed E-state index contributed by atoms with van der Waals surface area (Å²) in [6.45, 7) is 0. The third-order valence-corrected chi connectivity index (χ3v) is 3.09. The predicted octanol–water partition coefficient (Wildman–Crippen LogP) is 2.56. The maximum atomic E-state index is 9.18. The van der Waals surface area contributed by atoms with Crippen LogP contribution >= 0.6 is 11.3 Å². The zero-order chi connectivity index (χ0) is 10.4. The molecule has 0 bridgehead atoms. The summed E-state index contributed by atoms with van der Waals surface area (Å²) in [6, 6.07) is 6.05. The largest absolute Gasteiger partial charge is 0.197 e. The number of nitrogens with zero attached hydrogens (tertiary/aromatic N) is 1. The van der Waals surface area contributed by atoms with Crippen molar-refractivity contribution in [2.24, 2.45) is 0 Å². The molecule has 0 saturated carbocycles. The molecule has 14 heavy (non-hydrogen) atoms. The molecule has 0 fully saturated rings. The van der Waals surface area contributed by atoms with Crippen LogP contribution in [0.3, 0.4) is 0 Å². The normalized spacial score (nSPS) is 9.79. The maximum Gasteiger partial charge on any atom is 0.113 e. The second kappa shape index (κ2) is 4.52. The number of hydrogen-bond donors (Lipinski definition) is 0. The van der Waals surface area contributed by atoms with Crippen LogP contribution in [0.1, 0.15) is 17.7 Å². The van der Waals surface area contributed by atoms with Gasteiger partial charge in [0.25, 0.3) is 0 Å². The molecular weight excluding hydrogens is 190 g/mol. The highest BCUT2D eigenvalue weighted by molar-refractivity contribution is 7.10. The van der Waals surface area contributed by atoms with Crippen molar-refractivity contribution >= 4 is 11.3 Å². The van der Waals surface area contributed by atoms with Gasteiger partial charge in [-0.15, -0.1) is 36.0 Å². The standard InChI is InChI=1S/C12H9NS/c1-3-7-12(10-13,8-4-2)11-6-5-9-14-11/h1-2,5-6,9H,7-8H2. The average molecular weight is 199 g/mol. The molecule has 0 saturated heterocycles.